The van der Waals surface area contributed by atoms with E-state index in [1.54, 1.807) is 18.2 Å². The molecule has 1 fully saturated rings. The van der Waals surface area contributed by atoms with E-state index < -0.39 is 17.9 Å². The van der Waals surface area contributed by atoms with Crippen LogP contribution in [0.3, 0.4) is 0 Å². The summed E-state index contributed by atoms with van der Waals surface area (Å²) in [7, 11) is 1.43. The number of carboxylic acids is 1. The van der Waals surface area contributed by atoms with Crippen LogP contribution in [0.2, 0.25) is 0 Å². The van der Waals surface area contributed by atoms with Crippen LogP contribution in [0.4, 0.5) is 0 Å². The molecule has 0 unspecified atom stereocenters. The van der Waals surface area contributed by atoms with Crippen molar-refractivity contribution in [1.82, 2.24) is 4.90 Å². The molecule has 2 rings (SSSR count). The lowest BCUT2D eigenvalue weighted by Crippen LogP contribution is -2.50. The molecule has 1 atom stereocenters. The van der Waals surface area contributed by atoms with Crippen LogP contribution in [-0.2, 0) is 9.59 Å². The van der Waals surface area contributed by atoms with Gasteiger partial charge in [-0.25, -0.2) is 0 Å². The van der Waals surface area contributed by atoms with Crippen LogP contribution < -0.4 is 9.84 Å². The van der Waals surface area contributed by atoms with Crippen molar-refractivity contribution in [2.75, 3.05) is 19.1 Å². The molecule has 25 heavy (non-hydrogen) atoms. The quantitative estimate of drug-likeness (QED) is 0.546. The van der Waals surface area contributed by atoms with Gasteiger partial charge in [-0.3, -0.25) is 9.69 Å². The van der Waals surface area contributed by atoms with Crippen LogP contribution in [0.1, 0.15) is 12.0 Å². The zero-order chi connectivity index (χ0) is 18.6. The minimum atomic E-state index is -1.32. The fourth-order valence-electron chi connectivity index (χ4n) is 2.27. The summed E-state index contributed by atoms with van der Waals surface area (Å²) in [5.41, 5.74) is 0.629. The van der Waals surface area contributed by atoms with Crippen molar-refractivity contribution < 1.29 is 24.5 Å². The molecule has 1 heterocycles. The SMILES string of the molecule is COc1cc(/C=C2/SC(=S)N([C@H](CCSC)C(=O)[O-])C2=O)ccc1O. The molecule has 0 saturated carbocycles. The van der Waals surface area contributed by atoms with Gasteiger partial charge in [0.25, 0.3) is 5.91 Å². The summed E-state index contributed by atoms with van der Waals surface area (Å²) in [5, 5.41) is 21.0. The Balaban J connectivity index is 2.29. The molecule has 134 valence electrons. The molecule has 0 bridgehead atoms. The second-order valence-electron chi connectivity index (χ2n) is 5.10. The van der Waals surface area contributed by atoms with Gasteiger partial charge < -0.3 is 19.7 Å². The molecular formula is C16H16NO5S3-. The number of ether oxygens (including phenoxy) is 1. The fraction of sp³-hybridized carbons (Fsp3) is 0.312. The number of thiocarbonyl (C=S) groups is 1. The lowest BCUT2D eigenvalue weighted by molar-refractivity contribution is -0.310. The molecule has 6 nitrogen and oxygen atoms in total. The van der Waals surface area contributed by atoms with Crippen molar-refractivity contribution in [2.24, 2.45) is 0 Å². The molecule has 1 aromatic rings. The van der Waals surface area contributed by atoms with Gasteiger partial charge in [0.1, 0.15) is 4.32 Å². The number of carboxylic acid groups (broad SMARTS) is 1. The number of thioether (sulfide) groups is 2. The van der Waals surface area contributed by atoms with Gasteiger partial charge in [-0.1, -0.05) is 30.0 Å². The van der Waals surface area contributed by atoms with Gasteiger partial charge in [0.05, 0.1) is 24.0 Å². The molecular weight excluding hydrogens is 382 g/mol. The number of hydrogen-bond acceptors (Lipinski definition) is 8. The van der Waals surface area contributed by atoms with E-state index in [1.165, 1.54) is 24.9 Å². The summed E-state index contributed by atoms with van der Waals surface area (Å²) in [4.78, 5) is 25.5. The van der Waals surface area contributed by atoms with Crippen LogP contribution in [-0.4, -0.2) is 51.4 Å². The van der Waals surface area contributed by atoms with Crippen LogP contribution in [0, 0.1) is 0 Å². The first-order chi connectivity index (χ1) is 11.9. The van der Waals surface area contributed by atoms with Crippen molar-refractivity contribution in [1.29, 1.82) is 0 Å². The Morgan fingerprint density at radius 3 is 2.88 bits per heavy atom. The standard InChI is InChI=1S/C16H17NO5S3/c1-22-12-7-9(3-4-11(12)18)8-13-14(19)17(16(23)25-13)10(15(20)21)5-6-24-2/h3-4,7-8,10,18H,5-6H2,1-2H3,(H,20,21)/p-1/b13-8+/t10-/m1/s1. The number of methoxy groups -OCH3 is 1. The van der Waals surface area contributed by atoms with Gasteiger partial charge in [0.15, 0.2) is 11.5 Å². The normalized spacial score (nSPS) is 17.2. The first-order valence-electron chi connectivity index (χ1n) is 7.23. The maximum absolute atomic E-state index is 12.6. The monoisotopic (exact) mass is 398 g/mol. The Kier molecular flexibility index (Phi) is 6.74. The predicted octanol–water partition coefficient (Wildman–Crippen LogP) is 1.47. The summed E-state index contributed by atoms with van der Waals surface area (Å²) in [6.45, 7) is 0. The Morgan fingerprint density at radius 1 is 1.56 bits per heavy atom. The number of rotatable bonds is 7. The maximum Gasteiger partial charge on any atom is 0.266 e. The minimum absolute atomic E-state index is 0.0127. The minimum Gasteiger partial charge on any atom is -0.548 e. The smallest absolute Gasteiger partial charge is 0.266 e. The molecule has 1 aliphatic rings. The van der Waals surface area contributed by atoms with E-state index in [4.69, 9.17) is 17.0 Å². The highest BCUT2D eigenvalue weighted by Gasteiger charge is 2.37. The topological polar surface area (TPSA) is 89.9 Å². The third-order valence-electron chi connectivity index (χ3n) is 3.50. The van der Waals surface area contributed by atoms with Gasteiger partial charge >= 0.3 is 0 Å². The number of benzene rings is 1. The van der Waals surface area contributed by atoms with E-state index in [-0.39, 0.29) is 22.2 Å². The van der Waals surface area contributed by atoms with E-state index in [2.05, 4.69) is 0 Å². The zero-order valence-electron chi connectivity index (χ0n) is 13.6. The highest BCUT2D eigenvalue weighted by Crippen LogP contribution is 2.36. The van der Waals surface area contributed by atoms with Crippen molar-refractivity contribution in [2.45, 2.75) is 12.5 Å². The Hall–Kier alpha value is -1.71. The summed E-state index contributed by atoms with van der Waals surface area (Å²) < 4.78 is 5.23. The van der Waals surface area contributed by atoms with Gasteiger partial charge in [-0.15, -0.1) is 0 Å². The molecule has 0 radical (unpaired) electrons. The second kappa shape index (κ2) is 8.59. The van der Waals surface area contributed by atoms with Crippen LogP contribution in [0.5, 0.6) is 11.5 Å². The van der Waals surface area contributed by atoms with Crippen molar-refractivity contribution >= 4 is 58.0 Å². The number of hydrogen-bond donors (Lipinski definition) is 1. The van der Waals surface area contributed by atoms with E-state index in [0.717, 1.165) is 16.7 Å². The number of aromatic hydroxyl groups is 1. The summed E-state index contributed by atoms with van der Waals surface area (Å²) in [6, 6.07) is 3.56. The van der Waals surface area contributed by atoms with E-state index >= 15 is 0 Å². The lowest BCUT2D eigenvalue weighted by Gasteiger charge is -2.27. The average Bonchev–Trinajstić information content (AvgIpc) is 2.84. The second-order valence-corrected chi connectivity index (χ2v) is 7.76. The number of phenols is 1. The summed E-state index contributed by atoms with van der Waals surface area (Å²) in [5.74, 6) is -0.947. The van der Waals surface area contributed by atoms with Gasteiger partial charge in [0, 0.05) is 0 Å². The molecule has 1 amide bonds. The van der Waals surface area contributed by atoms with Crippen molar-refractivity contribution in [3.05, 3.63) is 28.7 Å². The third kappa shape index (κ3) is 4.47. The first kappa shape index (κ1) is 19.6. The summed E-state index contributed by atoms with van der Waals surface area (Å²) >= 11 is 7.72. The molecule has 9 heteroatoms. The van der Waals surface area contributed by atoms with Gasteiger partial charge in [-0.05, 0) is 42.2 Å². The zero-order valence-corrected chi connectivity index (χ0v) is 16.0. The lowest BCUT2D eigenvalue weighted by atomic mass is 10.1. The van der Waals surface area contributed by atoms with E-state index in [0.29, 0.717) is 16.2 Å². The number of amides is 1. The molecule has 1 aliphatic heterocycles. The van der Waals surface area contributed by atoms with Crippen molar-refractivity contribution in [3.8, 4) is 11.5 Å². The highest BCUT2D eigenvalue weighted by molar-refractivity contribution is 8.26. The maximum atomic E-state index is 12.6. The summed E-state index contributed by atoms with van der Waals surface area (Å²) in [6.07, 6.45) is 3.70. The molecule has 1 aromatic carbocycles. The molecule has 0 spiro atoms. The molecule has 0 aromatic heterocycles. The number of nitrogens with zero attached hydrogens (tertiary/aromatic N) is 1. The fourth-order valence-corrected chi connectivity index (χ4v) is 4.08. The Labute approximate surface area is 159 Å². The average molecular weight is 399 g/mol. The number of carbonyl (C=O) groups is 2. The van der Waals surface area contributed by atoms with Gasteiger partial charge in [-0.2, -0.15) is 11.8 Å². The highest BCUT2D eigenvalue weighted by atomic mass is 32.2. The Morgan fingerprint density at radius 2 is 2.28 bits per heavy atom. The van der Waals surface area contributed by atoms with Crippen LogP contribution >= 0.6 is 35.7 Å². The number of aliphatic carboxylic acids is 1. The Bertz CT molecular complexity index is 734. The van der Waals surface area contributed by atoms with Crippen LogP contribution in [0.25, 0.3) is 6.08 Å². The molecule has 1 N–H and O–H groups in total. The van der Waals surface area contributed by atoms with E-state index in [1.807, 2.05) is 6.26 Å². The molecule has 0 aliphatic carbocycles. The largest absolute Gasteiger partial charge is 0.548 e. The van der Waals surface area contributed by atoms with Crippen LogP contribution in [0.15, 0.2) is 23.1 Å². The van der Waals surface area contributed by atoms with Gasteiger partial charge in [0.2, 0.25) is 0 Å². The predicted molar refractivity (Wildman–Crippen MR) is 101 cm³/mol. The first-order valence-corrected chi connectivity index (χ1v) is 9.84. The number of carbonyl (C=O) groups excluding carboxylic acids is 2. The third-order valence-corrected chi connectivity index (χ3v) is 5.48. The number of phenolic OH excluding ortho intramolecular Hbond substituents is 1. The van der Waals surface area contributed by atoms with E-state index in [9.17, 15) is 19.8 Å². The van der Waals surface area contributed by atoms with Crippen molar-refractivity contribution in [3.63, 3.8) is 0 Å². The molecule has 1 saturated heterocycles.